The third kappa shape index (κ3) is 1.22. The molecule has 0 aliphatic carbocycles. The fraction of sp³-hybridized carbons (Fsp3) is 0.143. The summed E-state index contributed by atoms with van der Waals surface area (Å²) >= 11 is 0. The standard InChI is InChI=1S/C7H10NOP/c1-4-2-6(9)5(8)3-7(4)10/h2-3,9H,8,10H2,1H3. The van der Waals surface area contributed by atoms with Crippen LogP contribution in [0.25, 0.3) is 0 Å². The Balaban J connectivity index is 3.28. The molecule has 10 heavy (non-hydrogen) atoms. The summed E-state index contributed by atoms with van der Waals surface area (Å²) in [6, 6.07) is 3.38. The normalized spacial score (nSPS) is 9.80. The van der Waals surface area contributed by atoms with Crippen molar-refractivity contribution in [2.45, 2.75) is 6.92 Å². The van der Waals surface area contributed by atoms with Gasteiger partial charge in [-0.1, -0.05) is 0 Å². The lowest BCUT2D eigenvalue weighted by Crippen LogP contribution is -1.98. The van der Waals surface area contributed by atoms with Crippen LogP contribution in [-0.4, -0.2) is 5.11 Å². The number of anilines is 1. The molecule has 0 saturated carbocycles. The van der Waals surface area contributed by atoms with Gasteiger partial charge in [-0.25, -0.2) is 0 Å². The zero-order chi connectivity index (χ0) is 7.72. The molecule has 0 radical (unpaired) electrons. The molecular formula is C7H10NOP. The van der Waals surface area contributed by atoms with E-state index in [9.17, 15) is 0 Å². The van der Waals surface area contributed by atoms with Crippen LogP contribution in [0.15, 0.2) is 12.1 Å². The molecule has 0 saturated heterocycles. The zero-order valence-electron chi connectivity index (χ0n) is 5.76. The molecule has 0 aromatic heterocycles. The molecule has 54 valence electrons. The summed E-state index contributed by atoms with van der Waals surface area (Å²) in [4.78, 5) is 0. The molecule has 1 rings (SSSR count). The lowest BCUT2D eigenvalue weighted by molar-refractivity contribution is 0.478. The molecule has 0 fully saturated rings. The average Bonchev–Trinajstić information content (AvgIpc) is 1.84. The fourth-order valence-electron chi connectivity index (χ4n) is 0.727. The Hall–Kier alpha value is -0.750. The molecular weight excluding hydrogens is 145 g/mol. The van der Waals surface area contributed by atoms with Crippen molar-refractivity contribution < 1.29 is 5.11 Å². The van der Waals surface area contributed by atoms with Gasteiger partial charge in [0, 0.05) is 0 Å². The van der Waals surface area contributed by atoms with Gasteiger partial charge in [0.2, 0.25) is 0 Å². The van der Waals surface area contributed by atoms with E-state index in [-0.39, 0.29) is 5.75 Å². The molecule has 0 heterocycles. The van der Waals surface area contributed by atoms with Gasteiger partial charge in [-0.05, 0) is 29.9 Å². The number of aryl methyl sites for hydroxylation is 1. The highest BCUT2D eigenvalue weighted by Crippen LogP contribution is 2.19. The fourth-order valence-corrected chi connectivity index (χ4v) is 0.990. The van der Waals surface area contributed by atoms with E-state index in [1.54, 1.807) is 12.1 Å². The van der Waals surface area contributed by atoms with Crippen LogP contribution in [0.1, 0.15) is 5.56 Å². The summed E-state index contributed by atoms with van der Waals surface area (Å²) in [6.07, 6.45) is 0. The molecule has 1 atom stereocenters. The minimum Gasteiger partial charge on any atom is -0.506 e. The number of hydrogen-bond donors (Lipinski definition) is 2. The second-order valence-corrected chi connectivity index (χ2v) is 2.89. The van der Waals surface area contributed by atoms with Crippen molar-refractivity contribution in [2.75, 3.05) is 5.73 Å². The van der Waals surface area contributed by atoms with Crippen molar-refractivity contribution in [1.29, 1.82) is 0 Å². The largest absolute Gasteiger partial charge is 0.506 e. The summed E-state index contributed by atoms with van der Waals surface area (Å²) < 4.78 is 0. The highest BCUT2D eigenvalue weighted by atomic mass is 31.0. The van der Waals surface area contributed by atoms with E-state index >= 15 is 0 Å². The van der Waals surface area contributed by atoms with Gasteiger partial charge in [-0.3, -0.25) is 0 Å². The third-order valence-electron chi connectivity index (χ3n) is 1.42. The Kier molecular flexibility index (Phi) is 1.82. The Morgan fingerprint density at radius 3 is 2.60 bits per heavy atom. The van der Waals surface area contributed by atoms with E-state index in [0.29, 0.717) is 5.69 Å². The first-order valence-electron chi connectivity index (χ1n) is 2.96. The van der Waals surface area contributed by atoms with E-state index in [4.69, 9.17) is 10.8 Å². The minimum absolute atomic E-state index is 0.156. The lowest BCUT2D eigenvalue weighted by Gasteiger charge is -2.02. The molecule has 1 aromatic rings. The summed E-state index contributed by atoms with van der Waals surface area (Å²) in [5.74, 6) is 0.156. The van der Waals surface area contributed by atoms with Gasteiger partial charge in [0.05, 0.1) is 5.69 Å². The van der Waals surface area contributed by atoms with E-state index in [1.807, 2.05) is 6.92 Å². The average molecular weight is 155 g/mol. The summed E-state index contributed by atoms with van der Waals surface area (Å²) in [5, 5.41) is 10.1. The Morgan fingerprint density at radius 1 is 1.50 bits per heavy atom. The summed E-state index contributed by atoms with van der Waals surface area (Å²) in [7, 11) is 2.55. The summed E-state index contributed by atoms with van der Waals surface area (Å²) in [5.41, 5.74) is 6.88. The van der Waals surface area contributed by atoms with Crippen molar-refractivity contribution in [3.63, 3.8) is 0 Å². The smallest absolute Gasteiger partial charge is 0.138 e. The molecule has 0 aliphatic heterocycles. The monoisotopic (exact) mass is 155 g/mol. The predicted molar refractivity (Wildman–Crippen MR) is 46.6 cm³/mol. The first-order valence-corrected chi connectivity index (χ1v) is 3.53. The van der Waals surface area contributed by atoms with Gasteiger partial charge in [0.25, 0.3) is 0 Å². The maximum atomic E-state index is 9.09. The second kappa shape index (κ2) is 2.47. The number of hydrogen-bond acceptors (Lipinski definition) is 2. The van der Waals surface area contributed by atoms with Crippen molar-refractivity contribution in [3.05, 3.63) is 17.7 Å². The number of rotatable bonds is 0. The van der Waals surface area contributed by atoms with Crippen LogP contribution in [0, 0.1) is 6.92 Å². The number of phenolic OH excluding ortho intramolecular Hbond substituents is 1. The van der Waals surface area contributed by atoms with Crippen LogP contribution in [0.5, 0.6) is 5.75 Å². The number of aromatic hydroxyl groups is 1. The van der Waals surface area contributed by atoms with Gasteiger partial charge >= 0.3 is 0 Å². The minimum atomic E-state index is 0.156. The van der Waals surface area contributed by atoms with Crippen molar-refractivity contribution in [2.24, 2.45) is 0 Å². The first kappa shape index (κ1) is 7.36. The molecule has 0 spiro atoms. The number of phenols is 1. The quantitative estimate of drug-likeness (QED) is 0.330. The predicted octanol–water partition coefficient (Wildman–Crippen LogP) is 0.783. The van der Waals surface area contributed by atoms with E-state index in [1.165, 1.54) is 0 Å². The zero-order valence-corrected chi connectivity index (χ0v) is 6.91. The molecule has 1 aromatic carbocycles. The van der Waals surface area contributed by atoms with E-state index in [0.717, 1.165) is 10.9 Å². The number of nitrogens with two attached hydrogens (primary N) is 1. The van der Waals surface area contributed by atoms with E-state index in [2.05, 4.69) is 9.24 Å². The van der Waals surface area contributed by atoms with Crippen LogP contribution in [-0.2, 0) is 0 Å². The summed E-state index contributed by atoms with van der Waals surface area (Å²) in [6.45, 7) is 1.92. The maximum Gasteiger partial charge on any atom is 0.138 e. The van der Waals surface area contributed by atoms with Crippen molar-refractivity contribution in [3.8, 4) is 5.75 Å². The molecule has 3 N–H and O–H groups in total. The number of nitrogen functional groups attached to an aromatic ring is 1. The third-order valence-corrected chi connectivity index (χ3v) is 2.04. The van der Waals surface area contributed by atoms with Gasteiger partial charge in [0.15, 0.2) is 0 Å². The lowest BCUT2D eigenvalue weighted by atomic mass is 10.2. The van der Waals surface area contributed by atoms with Gasteiger partial charge in [0.1, 0.15) is 5.75 Å². The molecule has 0 amide bonds. The molecule has 1 unspecified atom stereocenters. The molecule has 2 nitrogen and oxygen atoms in total. The van der Waals surface area contributed by atoms with Crippen molar-refractivity contribution >= 4 is 20.2 Å². The SMILES string of the molecule is Cc1cc(O)c(N)cc1P. The highest BCUT2D eigenvalue weighted by Gasteiger charge is 1.98. The Morgan fingerprint density at radius 2 is 2.10 bits per heavy atom. The van der Waals surface area contributed by atoms with Gasteiger partial charge < -0.3 is 10.8 Å². The molecule has 3 heteroatoms. The maximum absolute atomic E-state index is 9.09. The highest BCUT2D eigenvalue weighted by molar-refractivity contribution is 7.27. The number of benzene rings is 1. The van der Waals surface area contributed by atoms with Crippen LogP contribution in [0.3, 0.4) is 0 Å². The van der Waals surface area contributed by atoms with Crippen LogP contribution in [0.2, 0.25) is 0 Å². The van der Waals surface area contributed by atoms with Crippen LogP contribution >= 0.6 is 9.24 Å². The van der Waals surface area contributed by atoms with Crippen LogP contribution < -0.4 is 11.0 Å². The van der Waals surface area contributed by atoms with E-state index < -0.39 is 0 Å². The Bertz CT molecular complexity index is 210. The molecule has 0 aliphatic rings. The first-order chi connectivity index (χ1) is 4.61. The van der Waals surface area contributed by atoms with Crippen molar-refractivity contribution in [1.82, 2.24) is 0 Å². The second-order valence-electron chi connectivity index (χ2n) is 2.27. The van der Waals surface area contributed by atoms with Gasteiger partial charge in [-0.15, -0.1) is 9.24 Å². The molecule has 0 bridgehead atoms. The van der Waals surface area contributed by atoms with Crippen LogP contribution in [0.4, 0.5) is 5.69 Å². The van der Waals surface area contributed by atoms with Gasteiger partial charge in [-0.2, -0.15) is 0 Å². The Labute approximate surface area is 62.3 Å². The topological polar surface area (TPSA) is 46.2 Å².